The maximum absolute atomic E-state index is 4.83. The fourth-order valence-corrected chi connectivity index (χ4v) is 3.64. The molecule has 28 heavy (non-hydrogen) atoms. The second kappa shape index (κ2) is 6.16. The molecule has 138 valence electrons. The lowest BCUT2D eigenvalue weighted by Gasteiger charge is -2.04. The predicted molar refractivity (Wildman–Crippen MR) is 108 cm³/mol. The largest absolute Gasteiger partial charge is 0.335 e. The van der Waals surface area contributed by atoms with Crippen molar-refractivity contribution >= 4 is 11.2 Å². The van der Waals surface area contributed by atoms with E-state index in [1.807, 2.05) is 67.3 Å². The van der Waals surface area contributed by atoms with Gasteiger partial charge in [0.1, 0.15) is 17.0 Å². The zero-order valence-electron chi connectivity index (χ0n) is 15.9. The molecule has 0 aliphatic rings. The molecular weight excluding hydrogens is 350 g/mol. The Kier molecular flexibility index (Phi) is 3.61. The molecule has 0 aliphatic heterocycles. The molecule has 1 N–H and O–H groups in total. The molecule has 0 saturated carbocycles. The normalized spacial score (nSPS) is 11.4. The number of imidazole rings is 1. The lowest BCUT2D eigenvalue weighted by atomic mass is 10.2. The molecule has 4 aromatic heterocycles. The number of aromatic nitrogens is 7. The number of rotatable bonds is 3. The Morgan fingerprint density at radius 3 is 2.54 bits per heavy atom. The van der Waals surface area contributed by atoms with E-state index >= 15 is 0 Å². The number of nitrogens with zero attached hydrogens (tertiary/aromatic N) is 6. The molecule has 1 aromatic carbocycles. The number of aryl methyl sites for hydroxylation is 2. The van der Waals surface area contributed by atoms with Crippen LogP contribution in [-0.2, 0) is 7.05 Å². The third kappa shape index (κ3) is 2.44. The number of nitrogens with one attached hydrogen (secondary N) is 1. The van der Waals surface area contributed by atoms with Gasteiger partial charge in [-0.2, -0.15) is 10.2 Å². The quantitative estimate of drug-likeness (QED) is 0.524. The summed E-state index contributed by atoms with van der Waals surface area (Å²) in [6.07, 6.45) is 3.57. The highest BCUT2D eigenvalue weighted by Gasteiger charge is 2.21. The summed E-state index contributed by atoms with van der Waals surface area (Å²) in [6.45, 7) is 4.07. The van der Waals surface area contributed by atoms with Crippen molar-refractivity contribution in [2.75, 3.05) is 0 Å². The van der Waals surface area contributed by atoms with E-state index in [1.165, 1.54) is 0 Å². The van der Waals surface area contributed by atoms with E-state index < -0.39 is 0 Å². The molecule has 0 fully saturated rings. The van der Waals surface area contributed by atoms with Gasteiger partial charge in [0.05, 0.1) is 22.6 Å². The zero-order valence-corrected chi connectivity index (χ0v) is 15.9. The van der Waals surface area contributed by atoms with Crippen LogP contribution < -0.4 is 0 Å². The minimum Gasteiger partial charge on any atom is -0.335 e. The molecule has 5 aromatic rings. The standard InChI is InChI=1S/C21H19N7/c1-13-17(14(2)28(25-13)16-9-5-4-6-10-16)20-23-19-18(15-8-7-11-22-12-15)26-27(3)21(19)24-20/h4-12H,1-3H3,(H,23,24). The molecule has 0 unspecified atom stereocenters. The first kappa shape index (κ1) is 16.4. The van der Waals surface area contributed by atoms with Gasteiger partial charge in [-0.3, -0.25) is 4.98 Å². The summed E-state index contributed by atoms with van der Waals surface area (Å²) in [5.74, 6) is 0.797. The number of para-hydroxylation sites is 1. The number of aromatic amines is 1. The Morgan fingerprint density at radius 1 is 0.964 bits per heavy atom. The molecule has 4 heterocycles. The molecule has 0 atom stereocenters. The first-order valence-corrected chi connectivity index (χ1v) is 9.08. The van der Waals surface area contributed by atoms with Crippen molar-refractivity contribution < 1.29 is 0 Å². The van der Waals surface area contributed by atoms with Gasteiger partial charge in [0, 0.05) is 25.0 Å². The van der Waals surface area contributed by atoms with Crippen molar-refractivity contribution in [3.63, 3.8) is 0 Å². The highest BCUT2D eigenvalue weighted by atomic mass is 15.3. The van der Waals surface area contributed by atoms with Gasteiger partial charge in [0.2, 0.25) is 0 Å². The third-order valence-corrected chi connectivity index (χ3v) is 4.94. The van der Waals surface area contributed by atoms with Gasteiger partial charge in [-0.15, -0.1) is 0 Å². The van der Waals surface area contributed by atoms with Crippen molar-refractivity contribution in [1.82, 2.24) is 34.5 Å². The van der Waals surface area contributed by atoms with E-state index in [0.29, 0.717) is 0 Å². The van der Waals surface area contributed by atoms with E-state index in [-0.39, 0.29) is 0 Å². The number of hydrogen-bond donors (Lipinski definition) is 1. The van der Waals surface area contributed by atoms with Crippen LogP contribution in [0.25, 0.3) is 39.5 Å². The van der Waals surface area contributed by atoms with Crippen molar-refractivity contribution in [3.8, 4) is 28.3 Å². The van der Waals surface area contributed by atoms with Gasteiger partial charge < -0.3 is 4.98 Å². The SMILES string of the molecule is Cc1nn(-c2ccccc2)c(C)c1-c1nc2c([nH]1)c(-c1cccnc1)nn2C. The third-order valence-electron chi connectivity index (χ3n) is 4.94. The summed E-state index contributed by atoms with van der Waals surface area (Å²) in [5.41, 5.74) is 7.51. The summed E-state index contributed by atoms with van der Waals surface area (Å²) < 4.78 is 3.75. The van der Waals surface area contributed by atoms with Crippen LogP contribution in [0, 0.1) is 13.8 Å². The number of fused-ring (bicyclic) bond motifs is 1. The van der Waals surface area contributed by atoms with Crippen molar-refractivity contribution in [3.05, 3.63) is 66.2 Å². The lowest BCUT2D eigenvalue weighted by molar-refractivity contribution is 0.790. The number of benzene rings is 1. The molecule has 0 radical (unpaired) electrons. The van der Waals surface area contributed by atoms with E-state index in [0.717, 1.165) is 50.9 Å². The average Bonchev–Trinajstić information content (AvgIpc) is 3.36. The van der Waals surface area contributed by atoms with Crippen LogP contribution in [-0.4, -0.2) is 34.5 Å². The number of pyridine rings is 1. The predicted octanol–water partition coefficient (Wildman–Crippen LogP) is 3.83. The summed E-state index contributed by atoms with van der Waals surface area (Å²) in [7, 11) is 1.90. The Morgan fingerprint density at radius 2 is 1.79 bits per heavy atom. The van der Waals surface area contributed by atoms with Gasteiger partial charge in [-0.05, 0) is 38.1 Å². The molecule has 7 nitrogen and oxygen atoms in total. The summed E-state index contributed by atoms with van der Waals surface area (Å²) in [6, 6.07) is 14.0. The summed E-state index contributed by atoms with van der Waals surface area (Å²) >= 11 is 0. The first-order valence-electron chi connectivity index (χ1n) is 9.08. The minimum absolute atomic E-state index is 0.797. The van der Waals surface area contributed by atoms with E-state index in [2.05, 4.69) is 22.0 Å². The minimum atomic E-state index is 0.797. The van der Waals surface area contributed by atoms with Crippen LogP contribution in [0.2, 0.25) is 0 Å². The zero-order chi connectivity index (χ0) is 19.3. The Labute approximate surface area is 161 Å². The molecule has 0 saturated heterocycles. The van der Waals surface area contributed by atoms with Gasteiger partial charge in [-0.1, -0.05) is 18.2 Å². The summed E-state index contributed by atoms with van der Waals surface area (Å²) in [4.78, 5) is 12.5. The topological polar surface area (TPSA) is 77.2 Å². The molecule has 7 heteroatoms. The molecule has 5 rings (SSSR count). The van der Waals surface area contributed by atoms with Gasteiger partial charge >= 0.3 is 0 Å². The van der Waals surface area contributed by atoms with Gasteiger partial charge in [-0.25, -0.2) is 14.3 Å². The van der Waals surface area contributed by atoms with Gasteiger partial charge in [0.25, 0.3) is 0 Å². The van der Waals surface area contributed by atoms with E-state index in [1.54, 1.807) is 10.9 Å². The molecule has 0 spiro atoms. The second-order valence-corrected chi connectivity index (χ2v) is 6.79. The Bertz CT molecular complexity index is 1280. The Hall–Kier alpha value is -3.74. The molecule has 0 bridgehead atoms. The highest BCUT2D eigenvalue weighted by molar-refractivity contribution is 5.90. The lowest BCUT2D eigenvalue weighted by Crippen LogP contribution is -1.98. The molecular formula is C21H19N7. The van der Waals surface area contributed by atoms with Crippen molar-refractivity contribution in [1.29, 1.82) is 0 Å². The van der Waals surface area contributed by atoms with Crippen LogP contribution in [0.15, 0.2) is 54.9 Å². The fourth-order valence-electron chi connectivity index (χ4n) is 3.64. The summed E-state index contributed by atoms with van der Waals surface area (Å²) in [5, 5.41) is 9.35. The van der Waals surface area contributed by atoms with Crippen LogP contribution >= 0.6 is 0 Å². The van der Waals surface area contributed by atoms with E-state index in [9.17, 15) is 0 Å². The monoisotopic (exact) mass is 369 g/mol. The second-order valence-electron chi connectivity index (χ2n) is 6.79. The molecule has 0 aliphatic carbocycles. The fraction of sp³-hybridized carbons (Fsp3) is 0.143. The highest BCUT2D eigenvalue weighted by Crippen LogP contribution is 2.31. The molecule has 0 amide bonds. The smallest absolute Gasteiger partial charge is 0.177 e. The maximum Gasteiger partial charge on any atom is 0.177 e. The van der Waals surface area contributed by atoms with Crippen LogP contribution in [0.1, 0.15) is 11.4 Å². The average molecular weight is 369 g/mol. The van der Waals surface area contributed by atoms with Crippen LogP contribution in [0.3, 0.4) is 0 Å². The van der Waals surface area contributed by atoms with Gasteiger partial charge in [0.15, 0.2) is 5.65 Å². The van der Waals surface area contributed by atoms with Crippen molar-refractivity contribution in [2.24, 2.45) is 7.05 Å². The van der Waals surface area contributed by atoms with E-state index in [4.69, 9.17) is 10.1 Å². The number of H-pyrrole nitrogens is 1. The number of hydrogen-bond acceptors (Lipinski definition) is 4. The van der Waals surface area contributed by atoms with Crippen LogP contribution in [0.4, 0.5) is 0 Å². The first-order chi connectivity index (χ1) is 13.6. The van der Waals surface area contributed by atoms with Crippen LogP contribution in [0.5, 0.6) is 0 Å². The Balaban J connectivity index is 1.68. The van der Waals surface area contributed by atoms with Crippen molar-refractivity contribution in [2.45, 2.75) is 13.8 Å². The maximum atomic E-state index is 4.83.